The maximum Gasteiger partial charge on any atom is 0.265 e. The fourth-order valence-corrected chi connectivity index (χ4v) is 3.63. The van der Waals surface area contributed by atoms with Gasteiger partial charge in [-0.05, 0) is 61.6 Å². The highest BCUT2D eigenvalue weighted by Crippen LogP contribution is 2.35. The molecule has 142 valence electrons. The lowest BCUT2D eigenvalue weighted by Gasteiger charge is -2.28. The molecular formula is C20H22ClN3O3. The second-order valence-corrected chi connectivity index (χ2v) is 6.81. The number of benzene rings is 2. The van der Waals surface area contributed by atoms with Crippen molar-refractivity contribution in [2.45, 2.75) is 38.3 Å². The Morgan fingerprint density at radius 2 is 2.11 bits per heavy atom. The van der Waals surface area contributed by atoms with E-state index in [-0.39, 0.29) is 30.3 Å². The molecule has 2 unspecified atom stereocenters. The summed E-state index contributed by atoms with van der Waals surface area (Å²) < 4.78 is 5.68. The molecule has 6 nitrogen and oxygen atoms in total. The van der Waals surface area contributed by atoms with Crippen LogP contribution in [-0.4, -0.2) is 17.9 Å². The minimum atomic E-state index is -0.630. The molecule has 7 heteroatoms. The van der Waals surface area contributed by atoms with Crippen LogP contribution in [0.25, 0.3) is 0 Å². The maximum absolute atomic E-state index is 12.9. The van der Waals surface area contributed by atoms with E-state index in [4.69, 9.17) is 10.5 Å². The van der Waals surface area contributed by atoms with Gasteiger partial charge in [0, 0.05) is 5.69 Å². The molecule has 27 heavy (non-hydrogen) atoms. The average molecular weight is 388 g/mol. The molecule has 0 bridgehead atoms. The van der Waals surface area contributed by atoms with Crippen LogP contribution in [0.2, 0.25) is 0 Å². The number of ether oxygens (including phenoxy) is 1. The number of anilines is 2. The molecule has 4 rings (SSSR count). The molecule has 2 aromatic rings. The minimum absolute atomic E-state index is 0. The molecule has 1 aliphatic heterocycles. The van der Waals surface area contributed by atoms with Gasteiger partial charge < -0.3 is 21.1 Å². The standard InChI is InChI=1S/C20H21N3O3.ClH/c1-11-19(24)23-17-7-3-5-15(18(17)26-11)20(25)22-16-6-2-4-12-10-13(21)8-9-14(12)16;/h3,5,7-11,16H,2,4,6,21H2,1H3,(H,22,25)(H,23,24);1H. The Labute approximate surface area is 163 Å². The van der Waals surface area contributed by atoms with Crippen LogP contribution >= 0.6 is 12.4 Å². The number of aryl methyl sites for hydroxylation is 1. The molecule has 0 saturated carbocycles. The number of rotatable bonds is 2. The van der Waals surface area contributed by atoms with Crippen LogP contribution in [0.15, 0.2) is 36.4 Å². The van der Waals surface area contributed by atoms with Gasteiger partial charge in [-0.3, -0.25) is 9.59 Å². The van der Waals surface area contributed by atoms with E-state index in [9.17, 15) is 9.59 Å². The third kappa shape index (κ3) is 3.57. The number of hydrogen-bond acceptors (Lipinski definition) is 4. The SMILES string of the molecule is CC1Oc2c(cccc2C(=O)NC2CCCc3cc(N)ccc32)NC1=O.Cl. The summed E-state index contributed by atoms with van der Waals surface area (Å²) in [7, 11) is 0. The summed E-state index contributed by atoms with van der Waals surface area (Å²) in [6, 6.07) is 11.0. The van der Waals surface area contributed by atoms with E-state index >= 15 is 0 Å². The highest BCUT2D eigenvalue weighted by atomic mass is 35.5. The summed E-state index contributed by atoms with van der Waals surface area (Å²) in [6.45, 7) is 1.66. The molecule has 0 radical (unpaired) electrons. The Hall–Kier alpha value is -2.73. The summed E-state index contributed by atoms with van der Waals surface area (Å²) in [5.74, 6) is -0.000771. The van der Waals surface area contributed by atoms with Crippen LogP contribution < -0.4 is 21.1 Å². The number of nitrogens with two attached hydrogens (primary N) is 1. The fraction of sp³-hybridized carbons (Fsp3) is 0.300. The smallest absolute Gasteiger partial charge is 0.265 e. The minimum Gasteiger partial charge on any atom is -0.478 e. The van der Waals surface area contributed by atoms with Crippen LogP contribution in [-0.2, 0) is 11.2 Å². The van der Waals surface area contributed by atoms with Gasteiger partial charge in [-0.1, -0.05) is 12.1 Å². The van der Waals surface area contributed by atoms with Crippen LogP contribution in [0, 0.1) is 0 Å². The normalized spacial score (nSPS) is 20.3. The highest BCUT2D eigenvalue weighted by molar-refractivity contribution is 6.04. The van der Waals surface area contributed by atoms with Crippen LogP contribution in [0.4, 0.5) is 11.4 Å². The molecule has 0 spiro atoms. The van der Waals surface area contributed by atoms with Crippen molar-refractivity contribution in [1.29, 1.82) is 0 Å². The molecule has 1 aliphatic carbocycles. The van der Waals surface area contributed by atoms with Crippen LogP contribution in [0.5, 0.6) is 5.75 Å². The summed E-state index contributed by atoms with van der Waals surface area (Å²) in [5, 5.41) is 5.89. The lowest BCUT2D eigenvalue weighted by molar-refractivity contribution is -0.122. The lowest BCUT2D eigenvalue weighted by atomic mass is 9.87. The van der Waals surface area contributed by atoms with E-state index < -0.39 is 6.10 Å². The largest absolute Gasteiger partial charge is 0.478 e. The predicted molar refractivity (Wildman–Crippen MR) is 106 cm³/mol. The number of nitrogen functional groups attached to an aromatic ring is 1. The van der Waals surface area contributed by atoms with Crippen LogP contribution in [0.1, 0.15) is 47.3 Å². The number of nitrogens with one attached hydrogen (secondary N) is 2. The van der Waals surface area contributed by atoms with Gasteiger partial charge in [-0.2, -0.15) is 0 Å². The Kier molecular flexibility index (Phi) is 5.28. The van der Waals surface area contributed by atoms with Gasteiger partial charge in [0.05, 0.1) is 17.3 Å². The van der Waals surface area contributed by atoms with Crippen molar-refractivity contribution in [2.75, 3.05) is 11.1 Å². The number of halogens is 1. The Morgan fingerprint density at radius 1 is 1.30 bits per heavy atom. The number of carbonyl (C=O) groups is 2. The van der Waals surface area contributed by atoms with Gasteiger partial charge in [-0.15, -0.1) is 12.4 Å². The average Bonchev–Trinajstić information content (AvgIpc) is 2.62. The quantitative estimate of drug-likeness (QED) is 0.690. The fourth-order valence-electron chi connectivity index (χ4n) is 3.63. The Balaban J connectivity index is 0.00000210. The van der Waals surface area contributed by atoms with Crippen molar-refractivity contribution >= 4 is 35.6 Å². The molecular weight excluding hydrogens is 366 g/mol. The maximum atomic E-state index is 12.9. The third-order valence-corrected chi connectivity index (χ3v) is 4.97. The lowest BCUT2D eigenvalue weighted by Crippen LogP contribution is -2.36. The second-order valence-electron chi connectivity index (χ2n) is 6.81. The molecule has 0 fully saturated rings. The van der Waals surface area contributed by atoms with E-state index in [2.05, 4.69) is 10.6 Å². The summed E-state index contributed by atoms with van der Waals surface area (Å²) in [5.41, 5.74) is 9.88. The van der Waals surface area contributed by atoms with Crippen molar-refractivity contribution in [3.05, 3.63) is 53.1 Å². The molecule has 0 saturated heterocycles. The zero-order chi connectivity index (χ0) is 18.3. The van der Waals surface area contributed by atoms with Gasteiger partial charge in [-0.25, -0.2) is 0 Å². The van der Waals surface area contributed by atoms with E-state index in [1.807, 2.05) is 18.2 Å². The zero-order valence-corrected chi connectivity index (χ0v) is 15.8. The van der Waals surface area contributed by atoms with Crippen molar-refractivity contribution in [3.63, 3.8) is 0 Å². The van der Waals surface area contributed by atoms with E-state index in [0.717, 1.165) is 30.5 Å². The first kappa shape index (κ1) is 19.0. The monoisotopic (exact) mass is 387 g/mol. The zero-order valence-electron chi connectivity index (χ0n) is 15.0. The summed E-state index contributed by atoms with van der Waals surface area (Å²) in [4.78, 5) is 24.7. The number of fused-ring (bicyclic) bond motifs is 2. The number of hydrogen-bond donors (Lipinski definition) is 3. The Bertz CT molecular complexity index is 900. The third-order valence-electron chi connectivity index (χ3n) is 4.97. The van der Waals surface area contributed by atoms with Crippen molar-refractivity contribution < 1.29 is 14.3 Å². The first-order valence-electron chi connectivity index (χ1n) is 8.82. The first-order chi connectivity index (χ1) is 12.5. The van der Waals surface area contributed by atoms with Gasteiger partial charge in [0.2, 0.25) is 0 Å². The Morgan fingerprint density at radius 3 is 2.93 bits per heavy atom. The highest BCUT2D eigenvalue weighted by Gasteiger charge is 2.29. The van der Waals surface area contributed by atoms with E-state index in [0.29, 0.717) is 17.0 Å². The van der Waals surface area contributed by atoms with Crippen molar-refractivity contribution in [2.24, 2.45) is 0 Å². The molecule has 2 aromatic carbocycles. The summed E-state index contributed by atoms with van der Waals surface area (Å²) in [6.07, 6.45) is 2.22. The van der Waals surface area contributed by atoms with Crippen molar-refractivity contribution in [1.82, 2.24) is 5.32 Å². The topological polar surface area (TPSA) is 93.4 Å². The molecule has 2 amide bonds. The summed E-state index contributed by atoms with van der Waals surface area (Å²) >= 11 is 0. The van der Waals surface area contributed by atoms with E-state index in [1.54, 1.807) is 25.1 Å². The molecule has 2 aliphatic rings. The first-order valence-corrected chi connectivity index (χ1v) is 8.82. The van der Waals surface area contributed by atoms with Crippen LogP contribution in [0.3, 0.4) is 0 Å². The van der Waals surface area contributed by atoms with E-state index in [1.165, 1.54) is 5.56 Å². The molecule has 1 heterocycles. The molecule has 4 N–H and O–H groups in total. The van der Waals surface area contributed by atoms with Gasteiger partial charge >= 0.3 is 0 Å². The van der Waals surface area contributed by atoms with Gasteiger partial charge in [0.25, 0.3) is 11.8 Å². The number of amides is 2. The van der Waals surface area contributed by atoms with Crippen molar-refractivity contribution in [3.8, 4) is 5.75 Å². The van der Waals surface area contributed by atoms with Gasteiger partial charge in [0.15, 0.2) is 11.9 Å². The van der Waals surface area contributed by atoms with Gasteiger partial charge in [0.1, 0.15) is 0 Å². The second kappa shape index (κ2) is 7.48. The number of carbonyl (C=O) groups excluding carboxylic acids is 2. The predicted octanol–water partition coefficient (Wildman–Crippen LogP) is 3.22. The number of para-hydroxylation sites is 1. The molecule has 2 atom stereocenters. The molecule has 0 aromatic heterocycles.